The average Bonchev–Trinajstić information content (AvgIpc) is 2.28. The molecule has 1 heterocycles. The zero-order valence-electron chi connectivity index (χ0n) is 7.08. The summed E-state index contributed by atoms with van der Waals surface area (Å²) >= 11 is 3.97. The molecule has 1 aliphatic heterocycles. The van der Waals surface area contributed by atoms with Gasteiger partial charge in [0.1, 0.15) is 0 Å². The summed E-state index contributed by atoms with van der Waals surface area (Å²) in [5.41, 5.74) is 0. The van der Waals surface area contributed by atoms with Gasteiger partial charge in [0.05, 0.1) is 5.75 Å². The summed E-state index contributed by atoms with van der Waals surface area (Å²) in [5, 5.41) is 0. The fraction of sp³-hybridized carbons (Fsp3) is 0.875. The lowest BCUT2D eigenvalue weighted by molar-refractivity contribution is -0.128. The van der Waals surface area contributed by atoms with E-state index in [1.165, 1.54) is 0 Å². The zero-order chi connectivity index (χ0) is 8.43. The molecule has 11 heavy (non-hydrogen) atoms. The Balaban J connectivity index is 2.52. The molecule has 2 atom stereocenters. The third-order valence-electron chi connectivity index (χ3n) is 2.24. The van der Waals surface area contributed by atoms with E-state index in [-0.39, 0.29) is 5.91 Å². The van der Waals surface area contributed by atoms with Crippen molar-refractivity contribution in [3.8, 4) is 0 Å². The minimum Gasteiger partial charge on any atom is -0.339 e. The van der Waals surface area contributed by atoms with Gasteiger partial charge in [0.25, 0.3) is 0 Å². The molecular formula is C8H15NOS. The fourth-order valence-corrected chi connectivity index (χ4v) is 1.92. The van der Waals surface area contributed by atoms with Crippen molar-refractivity contribution in [3.63, 3.8) is 0 Å². The predicted molar refractivity (Wildman–Crippen MR) is 48.8 cm³/mol. The molecule has 1 rings (SSSR count). The molecule has 0 bridgehead atoms. The largest absolute Gasteiger partial charge is 0.339 e. The molecule has 0 spiro atoms. The summed E-state index contributed by atoms with van der Waals surface area (Å²) in [6.07, 6.45) is 1.14. The maximum Gasteiger partial charge on any atom is 0.232 e. The summed E-state index contributed by atoms with van der Waals surface area (Å²) in [5.74, 6) is 1.18. The van der Waals surface area contributed by atoms with Gasteiger partial charge < -0.3 is 4.90 Å². The third kappa shape index (κ3) is 1.89. The normalized spacial score (nSPS) is 31.0. The number of amides is 1. The van der Waals surface area contributed by atoms with Crippen molar-refractivity contribution in [2.45, 2.75) is 26.3 Å². The Morgan fingerprint density at radius 1 is 1.64 bits per heavy atom. The van der Waals surface area contributed by atoms with E-state index in [0.717, 1.165) is 13.0 Å². The SMILES string of the molecule is CC1CC(C)N(C(=O)CS)C1. The predicted octanol–water partition coefficient (Wildman–Crippen LogP) is 1.17. The van der Waals surface area contributed by atoms with E-state index in [2.05, 4.69) is 26.5 Å². The van der Waals surface area contributed by atoms with Gasteiger partial charge >= 0.3 is 0 Å². The Bertz CT molecular complexity index is 160. The summed E-state index contributed by atoms with van der Waals surface area (Å²) in [4.78, 5) is 13.1. The van der Waals surface area contributed by atoms with Crippen LogP contribution in [0.25, 0.3) is 0 Å². The van der Waals surface area contributed by atoms with Gasteiger partial charge in [-0.1, -0.05) is 6.92 Å². The molecule has 0 aromatic carbocycles. The molecule has 1 fully saturated rings. The highest BCUT2D eigenvalue weighted by Gasteiger charge is 2.28. The van der Waals surface area contributed by atoms with Crippen LogP contribution in [0, 0.1) is 5.92 Å². The van der Waals surface area contributed by atoms with Gasteiger partial charge in [0.2, 0.25) is 5.91 Å². The monoisotopic (exact) mass is 173 g/mol. The van der Waals surface area contributed by atoms with Crippen molar-refractivity contribution in [2.24, 2.45) is 5.92 Å². The summed E-state index contributed by atoms with van der Waals surface area (Å²) in [6.45, 7) is 5.20. The molecule has 0 aromatic rings. The standard InChI is InChI=1S/C8H15NOS/c1-6-3-7(2)9(4-6)8(10)5-11/h6-7,11H,3-5H2,1-2H3. The van der Waals surface area contributed by atoms with Crippen molar-refractivity contribution in [1.29, 1.82) is 0 Å². The molecule has 1 aliphatic rings. The number of rotatable bonds is 1. The van der Waals surface area contributed by atoms with Crippen LogP contribution in [0.4, 0.5) is 0 Å². The maximum absolute atomic E-state index is 11.2. The van der Waals surface area contributed by atoms with Crippen LogP contribution in [-0.4, -0.2) is 29.1 Å². The van der Waals surface area contributed by atoms with Crippen molar-refractivity contribution < 1.29 is 4.79 Å². The maximum atomic E-state index is 11.2. The van der Waals surface area contributed by atoms with E-state index in [1.54, 1.807) is 0 Å². The van der Waals surface area contributed by atoms with Gasteiger partial charge in [-0.05, 0) is 19.3 Å². The molecule has 0 radical (unpaired) electrons. The van der Waals surface area contributed by atoms with Gasteiger partial charge in [0, 0.05) is 12.6 Å². The molecule has 0 saturated carbocycles. The van der Waals surface area contributed by atoms with Crippen LogP contribution < -0.4 is 0 Å². The molecule has 64 valence electrons. The van der Waals surface area contributed by atoms with Crippen LogP contribution in [0.5, 0.6) is 0 Å². The van der Waals surface area contributed by atoms with E-state index in [4.69, 9.17) is 0 Å². The van der Waals surface area contributed by atoms with Crippen LogP contribution in [0.15, 0.2) is 0 Å². The second-order valence-electron chi connectivity index (χ2n) is 3.39. The van der Waals surface area contributed by atoms with Gasteiger partial charge in [-0.3, -0.25) is 4.79 Å². The Morgan fingerprint density at radius 2 is 2.27 bits per heavy atom. The van der Waals surface area contributed by atoms with Crippen LogP contribution in [0.3, 0.4) is 0 Å². The first kappa shape index (κ1) is 8.91. The molecule has 3 heteroatoms. The Kier molecular flexibility index (Phi) is 2.82. The number of likely N-dealkylation sites (tertiary alicyclic amines) is 1. The van der Waals surface area contributed by atoms with Gasteiger partial charge in [0.15, 0.2) is 0 Å². The quantitative estimate of drug-likeness (QED) is 0.590. The lowest BCUT2D eigenvalue weighted by atomic mass is 10.1. The van der Waals surface area contributed by atoms with E-state index < -0.39 is 0 Å². The number of carbonyl (C=O) groups excluding carboxylic acids is 1. The number of carbonyl (C=O) groups is 1. The number of hydrogen-bond donors (Lipinski definition) is 1. The van der Waals surface area contributed by atoms with Crippen molar-refractivity contribution in [2.75, 3.05) is 12.3 Å². The first-order chi connectivity index (χ1) is 5.15. The first-order valence-electron chi connectivity index (χ1n) is 4.05. The van der Waals surface area contributed by atoms with Gasteiger partial charge in [-0.25, -0.2) is 0 Å². The first-order valence-corrected chi connectivity index (χ1v) is 4.68. The minimum atomic E-state index is 0.171. The summed E-state index contributed by atoms with van der Waals surface area (Å²) < 4.78 is 0. The molecule has 2 nitrogen and oxygen atoms in total. The number of nitrogens with zero attached hydrogens (tertiary/aromatic N) is 1. The highest BCUT2D eigenvalue weighted by atomic mass is 32.1. The van der Waals surface area contributed by atoms with E-state index in [0.29, 0.717) is 17.7 Å². The lowest BCUT2D eigenvalue weighted by Gasteiger charge is -2.20. The molecule has 1 saturated heterocycles. The van der Waals surface area contributed by atoms with Crippen molar-refractivity contribution in [3.05, 3.63) is 0 Å². The van der Waals surface area contributed by atoms with E-state index >= 15 is 0 Å². The topological polar surface area (TPSA) is 20.3 Å². The minimum absolute atomic E-state index is 0.171. The van der Waals surface area contributed by atoms with Gasteiger partial charge in [-0.15, -0.1) is 0 Å². The average molecular weight is 173 g/mol. The second kappa shape index (κ2) is 3.48. The van der Waals surface area contributed by atoms with E-state index in [9.17, 15) is 4.79 Å². The number of thiol groups is 1. The van der Waals surface area contributed by atoms with Crippen LogP contribution in [0.2, 0.25) is 0 Å². The highest BCUT2D eigenvalue weighted by molar-refractivity contribution is 7.81. The lowest BCUT2D eigenvalue weighted by Crippen LogP contribution is -2.34. The third-order valence-corrected chi connectivity index (χ3v) is 2.51. The molecule has 0 aromatic heterocycles. The molecular weight excluding hydrogens is 158 g/mol. The van der Waals surface area contributed by atoms with Gasteiger partial charge in [-0.2, -0.15) is 12.6 Å². The molecule has 2 unspecified atom stereocenters. The Morgan fingerprint density at radius 3 is 2.64 bits per heavy atom. The Hall–Kier alpha value is -0.180. The van der Waals surface area contributed by atoms with Crippen molar-refractivity contribution in [1.82, 2.24) is 4.90 Å². The number of hydrogen-bond acceptors (Lipinski definition) is 2. The van der Waals surface area contributed by atoms with Crippen molar-refractivity contribution >= 4 is 18.5 Å². The molecule has 0 aliphatic carbocycles. The van der Waals surface area contributed by atoms with E-state index in [1.807, 2.05) is 4.90 Å². The fourth-order valence-electron chi connectivity index (χ4n) is 1.74. The summed E-state index contributed by atoms with van der Waals surface area (Å²) in [6, 6.07) is 0.421. The smallest absolute Gasteiger partial charge is 0.232 e. The summed E-state index contributed by atoms with van der Waals surface area (Å²) in [7, 11) is 0. The second-order valence-corrected chi connectivity index (χ2v) is 3.71. The van der Waals surface area contributed by atoms with Crippen LogP contribution in [0.1, 0.15) is 20.3 Å². The highest BCUT2D eigenvalue weighted by Crippen LogP contribution is 2.22. The Labute approximate surface area is 73.4 Å². The molecule has 0 N–H and O–H groups in total. The molecule has 1 amide bonds. The zero-order valence-corrected chi connectivity index (χ0v) is 7.97. The van der Waals surface area contributed by atoms with Crippen LogP contribution >= 0.6 is 12.6 Å². The van der Waals surface area contributed by atoms with Crippen LogP contribution in [-0.2, 0) is 4.79 Å².